The molecule has 0 heterocycles. The molecule has 0 aliphatic heterocycles. The van der Waals surface area contributed by atoms with Gasteiger partial charge in [0, 0.05) is 17.3 Å². The van der Waals surface area contributed by atoms with Gasteiger partial charge in [0.2, 0.25) is 5.91 Å². The Bertz CT molecular complexity index is 989. The summed E-state index contributed by atoms with van der Waals surface area (Å²) in [7, 11) is -1.70. The number of benzene rings is 2. The molecule has 5 nitrogen and oxygen atoms in total. The van der Waals surface area contributed by atoms with Gasteiger partial charge in [-0.3, -0.25) is 14.9 Å². The van der Waals surface area contributed by atoms with E-state index in [0.717, 1.165) is 5.56 Å². The van der Waals surface area contributed by atoms with Crippen molar-refractivity contribution in [3.8, 4) is 23.8 Å². The molecule has 0 unspecified atom stereocenters. The van der Waals surface area contributed by atoms with Crippen molar-refractivity contribution in [1.82, 2.24) is 0 Å². The predicted octanol–water partition coefficient (Wildman–Crippen LogP) is 3.99. The van der Waals surface area contributed by atoms with Gasteiger partial charge >= 0.3 is 0 Å². The maximum Gasteiger partial charge on any atom is 0.285 e. The monoisotopic (exact) mass is 376 g/mol. The lowest BCUT2D eigenvalue weighted by Crippen LogP contribution is -2.16. The fourth-order valence-corrected chi connectivity index (χ4v) is 2.83. The van der Waals surface area contributed by atoms with Crippen LogP contribution in [0.1, 0.15) is 16.7 Å². The third-order valence-corrected chi connectivity index (χ3v) is 4.45. The third-order valence-electron chi connectivity index (χ3n) is 3.57. The van der Waals surface area contributed by atoms with E-state index >= 15 is 0 Å². The highest BCUT2D eigenvalue weighted by molar-refractivity contribution is 6.83. The van der Waals surface area contributed by atoms with Gasteiger partial charge in [-0.15, -0.1) is 12.0 Å². The van der Waals surface area contributed by atoms with Crippen molar-refractivity contribution >= 4 is 25.4 Å². The van der Waals surface area contributed by atoms with Crippen LogP contribution in [0.15, 0.2) is 42.5 Å². The zero-order valence-electron chi connectivity index (χ0n) is 15.5. The molecule has 2 aromatic rings. The first kappa shape index (κ1) is 20.0. The molecule has 2 rings (SSSR count). The summed E-state index contributed by atoms with van der Waals surface area (Å²) in [6, 6.07) is 11.6. The summed E-state index contributed by atoms with van der Waals surface area (Å²) < 4.78 is 0. The SMILES string of the molecule is C#Cc1ccccc1CC(=O)Nc1ccc([N+](=O)[O-])c(C#C[Si](C)(C)C)c1. The van der Waals surface area contributed by atoms with Gasteiger partial charge in [-0.05, 0) is 23.8 Å². The Labute approximate surface area is 160 Å². The van der Waals surface area contributed by atoms with Crippen LogP contribution in [-0.2, 0) is 11.2 Å². The number of carbonyl (C=O) groups excluding carboxylic acids is 1. The Kier molecular flexibility index (Phi) is 6.18. The molecule has 0 bridgehead atoms. The van der Waals surface area contributed by atoms with E-state index in [-0.39, 0.29) is 18.0 Å². The number of nitrogens with one attached hydrogen (secondary N) is 1. The molecule has 0 aromatic heterocycles. The first-order chi connectivity index (χ1) is 12.7. The van der Waals surface area contributed by atoms with E-state index in [0.29, 0.717) is 16.8 Å². The second kappa shape index (κ2) is 8.35. The maximum absolute atomic E-state index is 12.4. The van der Waals surface area contributed by atoms with Crippen LogP contribution in [0.2, 0.25) is 19.6 Å². The quantitative estimate of drug-likeness (QED) is 0.380. The number of hydrogen-bond donors (Lipinski definition) is 1. The lowest BCUT2D eigenvalue weighted by atomic mass is 10.0. The molecule has 0 aliphatic carbocycles. The van der Waals surface area contributed by atoms with Gasteiger partial charge in [-0.1, -0.05) is 49.7 Å². The molecule has 6 heteroatoms. The first-order valence-electron chi connectivity index (χ1n) is 8.35. The zero-order valence-corrected chi connectivity index (χ0v) is 16.5. The summed E-state index contributed by atoms with van der Waals surface area (Å²) in [6.45, 7) is 6.17. The zero-order chi connectivity index (χ0) is 20.0. The second-order valence-electron chi connectivity index (χ2n) is 7.02. The Morgan fingerprint density at radius 1 is 1.19 bits per heavy atom. The Hall–Kier alpha value is -3.35. The van der Waals surface area contributed by atoms with E-state index in [1.165, 1.54) is 18.2 Å². The minimum atomic E-state index is -1.70. The lowest BCUT2D eigenvalue weighted by molar-refractivity contribution is -0.385. The normalized spacial score (nSPS) is 10.3. The second-order valence-corrected chi connectivity index (χ2v) is 11.8. The Balaban J connectivity index is 2.26. The van der Waals surface area contributed by atoms with Crippen LogP contribution < -0.4 is 5.32 Å². The minimum Gasteiger partial charge on any atom is -0.326 e. The van der Waals surface area contributed by atoms with Crippen molar-refractivity contribution in [1.29, 1.82) is 0 Å². The highest BCUT2D eigenvalue weighted by Crippen LogP contribution is 2.22. The number of nitrogens with zero attached hydrogens (tertiary/aromatic N) is 1. The topological polar surface area (TPSA) is 72.2 Å². The number of carbonyl (C=O) groups is 1. The van der Waals surface area contributed by atoms with Crippen molar-refractivity contribution in [3.63, 3.8) is 0 Å². The number of hydrogen-bond acceptors (Lipinski definition) is 3. The average molecular weight is 376 g/mol. The fraction of sp³-hybridized carbons (Fsp3) is 0.190. The van der Waals surface area contributed by atoms with E-state index in [1.54, 1.807) is 12.1 Å². The van der Waals surface area contributed by atoms with Gasteiger partial charge in [0.25, 0.3) is 5.69 Å². The fourth-order valence-electron chi connectivity index (χ4n) is 2.32. The summed E-state index contributed by atoms with van der Waals surface area (Å²) >= 11 is 0. The van der Waals surface area contributed by atoms with Crippen molar-refractivity contribution in [2.24, 2.45) is 0 Å². The number of nitro benzene ring substituents is 1. The number of rotatable bonds is 4. The van der Waals surface area contributed by atoms with Gasteiger partial charge in [0.15, 0.2) is 0 Å². The lowest BCUT2D eigenvalue weighted by Gasteiger charge is -2.08. The molecule has 1 amide bonds. The molecule has 0 saturated heterocycles. The highest BCUT2D eigenvalue weighted by Gasteiger charge is 2.15. The highest BCUT2D eigenvalue weighted by atomic mass is 28.3. The van der Waals surface area contributed by atoms with Crippen molar-refractivity contribution in [2.45, 2.75) is 26.1 Å². The number of terminal acetylenes is 1. The number of amides is 1. The summed E-state index contributed by atoms with van der Waals surface area (Å²) in [4.78, 5) is 23.1. The van der Waals surface area contributed by atoms with E-state index in [2.05, 4.69) is 42.3 Å². The Morgan fingerprint density at radius 2 is 1.89 bits per heavy atom. The van der Waals surface area contributed by atoms with Crippen LogP contribution in [0.4, 0.5) is 11.4 Å². The van der Waals surface area contributed by atoms with Crippen LogP contribution in [0.25, 0.3) is 0 Å². The van der Waals surface area contributed by atoms with Crippen LogP contribution in [0, 0.1) is 33.9 Å². The summed E-state index contributed by atoms with van der Waals surface area (Å²) in [5.41, 5.74) is 5.22. The molecule has 0 saturated carbocycles. The average Bonchev–Trinajstić information content (AvgIpc) is 2.59. The van der Waals surface area contributed by atoms with Crippen molar-refractivity contribution in [2.75, 3.05) is 5.32 Å². The summed E-state index contributed by atoms with van der Waals surface area (Å²) in [5, 5.41) is 14.0. The smallest absolute Gasteiger partial charge is 0.285 e. The minimum absolute atomic E-state index is 0.0728. The van der Waals surface area contributed by atoms with Crippen LogP contribution in [0.5, 0.6) is 0 Å². The molecule has 1 N–H and O–H groups in total. The Morgan fingerprint density at radius 3 is 2.52 bits per heavy atom. The van der Waals surface area contributed by atoms with Gasteiger partial charge in [-0.2, -0.15) is 0 Å². The van der Waals surface area contributed by atoms with Gasteiger partial charge in [0.1, 0.15) is 13.6 Å². The summed E-state index contributed by atoms with van der Waals surface area (Å²) in [5.74, 6) is 5.21. The van der Waals surface area contributed by atoms with Gasteiger partial charge in [-0.25, -0.2) is 0 Å². The predicted molar refractivity (Wildman–Crippen MR) is 110 cm³/mol. The molecule has 0 radical (unpaired) electrons. The van der Waals surface area contributed by atoms with E-state index < -0.39 is 13.0 Å². The number of anilines is 1. The van der Waals surface area contributed by atoms with Gasteiger partial charge in [0.05, 0.1) is 11.3 Å². The molecule has 136 valence electrons. The molecule has 27 heavy (non-hydrogen) atoms. The molecule has 0 fully saturated rings. The van der Waals surface area contributed by atoms with E-state index in [4.69, 9.17) is 6.42 Å². The largest absolute Gasteiger partial charge is 0.326 e. The van der Waals surface area contributed by atoms with Crippen LogP contribution in [0.3, 0.4) is 0 Å². The molecule has 0 atom stereocenters. The van der Waals surface area contributed by atoms with E-state index in [9.17, 15) is 14.9 Å². The molecule has 2 aromatic carbocycles. The van der Waals surface area contributed by atoms with Crippen LogP contribution in [-0.4, -0.2) is 18.9 Å². The molecule has 0 spiro atoms. The van der Waals surface area contributed by atoms with Crippen LogP contribution >= 0.6 is 0 Å². The first-order valence-corrected chi connectivity index (χ1v) is 11.9. The standard InChI is InChI=1S/C21H20N2O3Si/c1-5-16-8-6-7-9-17(16)15-21(24)22-19-10-11-20(23(25)26)18(14-19)12-13-27(2,3)4/h1,6-11,14H,15H2,2-4H3,(H,22,24). The third kappa shape index (κ3) is 5.84. The molecule has 0 aliphatic rings. The van der Waals surface area contributed by atoms with Crippen molar-refractivity contribution in [3.05, 3.63) is 69.3 Å². The number of nitro groups is 1. The molecular weight excluding hydrogens is 356 g/mol. The van der Waals surface area contributed by atoms with Gasteiger partial charge < -0.3 is 5.32 Å². The van der Waals surface area contributed by atoms with E-state index in [1.807, 2.05) is 12.1 Å². The van der Waals surface area contributed by atoms with Crippen molar-refractivity contribution < 1.29 is 9.72 Å². The summed E-state index contributed by atoms with van der Waals surface area (Å²) in [6.07, 6.45) is 5.57. The maximum atomic E-state index is 12.4. The molecular formula is C21H20N2O3Si.